The van der Waals surface area contributed by atoms with Gasteiger partial charge in [0.2, 0.25) is 11.8 Å². The number of nitrogens with zero attached hydrogens (tertiary/aromatic N) is 2. The number of amides is 2. The first kappa shape index (κ1) is 22.2. The van der Waals surface area contributed by atoms with E-state index in [1.165, 1.54) is 18.9 Å². The number of thioether (sulfide) groups is 1. The number of aryl methyl sites for hydroxylation is 1. The number of rotatable bonds is 9. The lowest BCUT2D eigenvalue weighted by atomic mass is 10.1. The molecule has 0 saturated carbocycles. The Balaban J connectivity index is 1.68. The standard InChI is InChI=1S/C20H29N3O4S/c1-3-16-6-4-5-7-17(16)21-18(24)14-22-9-11-23(12-10-22)19(25)8-13-28-15-20(26)27-2/h4-7H,3,8-15H2,1-2H3,(H,21,24). The molecule has 0 spiro atoms. The number of carbonyl (C=O) groups excluding carboxylic acids is 3. The molecule has 0 bridgehead atoms. The summed E-state index contributed by atoms with van der Waals surface area (Å²) in [6.07, 6.45) is 1.28. The number of hydrogen-bond acceptors (Lipinski definition) is 6. The van der Waals surface area contributed by atoms with Gasteiger partial charge in [0.25, 0.3) is 0 Å². The van der Waals surface area contributed by atoms with Crippen LogP contribution in [0.25, 0.3) is 0 Å². The molecule has 1 saturated heterocycles. The van der Waals surface area contributed by atoms with Gasteiger partial charge in [0.1, 0.15) is 0 Å². The topological polar surface area (TPSA) is 79.0 Å². The summed E-state index contributed by atoms with van der Waals surface area (Å²) in [4.78, 5) is 39.6. The van der Waals surface area contributed by atoms with Crippen molar-refractivity contribution in [2.24, 2.45) is 0 Å². The van der Waals surface area contributed by atoms with Crippen LogP contribution in [0, 0.1) is 0 Å². The minimum atomic E-state index is -0.272. The van der Waals surface area contributed by atoms with E-state index < -0.39 is 0 Å². The van der Waals surface area contributed by atoms with Crippen molar-refractivity contribution >= 4 is 35.2 Å². The zero-order chi connectivity index (χ0) is 20.4. The number of piperazine rings is 1. The highest BCUT2D eigenvalue weighted by Crippen LogP contribution is 2.15. The van der Waals surface area contributed by atoms with Crippen LogP contribution in [0.4, 0.5) is 5.69 Å². The van der Waals surface area contributed by atoms with Crippen molar-refractivity contribution in [2.75, 3.05) is 56.7 Å². The zero-order valence-corrected chi connectivity index (χ0v) is 17.4. The fourth-order valence-corrected chi connectivity index (χ4v) is 3.78. The maximum Gasteiger partial charge on any atom is 0.315 e. The molecule has 1 aromatic rings. The third-order valence-corrected chi connectivity index (χ3v) is 5.61. The number of methoxy groups -OCH3 is 1. The summed E-state index contributed by atoms with van der Waals surface area (Å²) in [5, 5.41) is 2.99. The van der Waals surface area contributed by atoms with Crippen molar-refractivity contribution in [3.8, 4) is 0 Å². The van der Waals surface area contributed by atoms with Gasteiger partial charge in [0.15, 0.2) is 0 Å². The Bertz CT molecular complexity index is 675. The Labute approximate surface area is 170 Å². The Hall–Kier alpha value is -2.06. The van der Waals surface area contributed by atoms with Crippen molar-refractivity contribution in [1.29, 1.82) is 0 Å². The second kappa shape index (κ2) is 11.7. The molecule has 0 aromatic heterocycles. The highest BCUT2D eigenvalue weighted by atomic mass is 32.2. The summed E-state index contributed by atoms with van der Waals surface area (Å²) in [6, 6.07) is 7.83. The summed E-state index contributed by atoms with van der Waals surface area (Å²) in [6.45, 7) is 5.01. The highest BCUT2D eigenvalue weighted by molar-refractivity contribution is 7.99. The lowest BCUT2D eigenvalue weighted by Crippen LogP contribution is -2.50. The lowest BCUT2D eigenvalue weighted by molar-refractivity contribution is -0.137. The van der Waals surface area contributed by atoms with Crippen LogP contribution in [-0.4, -0.2) is 78.9 Å². The monoisotopic (exact) mass is 407 g/mol. The van der Waals surface area contributed by atoms with Crippen molar-refractivity contribution < 1.29 is 19.1 Å². The van der Waals surface area contributed by atoms with E-state index in [-0.39, 0.29) is 23.5 Å². The van der Waals surface area contributed by atoms with E-state index in [1.807, 2.05) is 29.2 Å². The van der Waals surface area contributed by atoms with Gasteiger partial charge in [-0.1, -0.05) is 25.1 Å². The van der Waals surface area contributed by atoms with E-state index in [9.17, 15) is 14.4 Å². The first-order valence-electron chi connectivity index (χ1n) is 9.56. The Morgan fingerprint density at radius 2 is 1.86 bits per heavy atom. The van der Waals surface area contributed by atoms with E-state index in [1.54, 1.807) is 0 Å². The minimum Gasteiger partial charge on any atom is -0.468 e. The van der Waals surface area contributed by atoms with Gasteiger partial charge in [0.05, 0.1) is 19.4 Å². The number of para-hydroxylation sites is 1. The molecule has 8 heteroatoms. The smallest absolute Gasteiger partial charge is 0.315 e. The van der Waals surface area contributed by atoms with Gasteiger partial charge in [-0.05, 0) is 18.1 Å². The van der Waals surface area contributed by atoms with Gasteiger partial charge < -0.3 is 15.0 Å². The van der Waals surface area contributed by atoms with Crippen LogP contribution in [0.1, 0.15) is 18.9 Å². The Kier molecular flexibility index (Phi) is 9.30. The molecule has 0 aliphatic carbocycles. The summed E-state index contributed by atoms with van der Waals surface area (Å²) in [5.74, 6) is 0.672. The number of hydrogen-bond donors (Lipinski definition) is 1. The van der Waals surface area contributed by atoms with Crippen LogP contribution in [0.2, 0.25) is 0 Å². The van der Waals surface area contributed by atoms with Crippen LogP contribution >= 0.6 is 11.8 Å². The average Bonchev–Trinajstić information content (AvgIpc) is 2.71. The van der Waals surface area contributed by atoms with Crippen molar-refractivity contribution in [2.45, 2.75) is 19.8 Å². The molecular weight excluding hydrogens is 378 g/mol. The third-order valence-electron chi connectivity index (χ3n) is 4.67. The molecule has 1 heterocycles. The molecule has 28 heavy (non-hydrogen) atoms. The van der Waals surface area contributed by atoms with Crippen molar-refractivity contribution in [3.63, 3.8) is 0 Å². The molecule has 0 radical (unpaired) electrons. The van der Waals surface area contributed by atoms with Crippen molar-refractivity contribution in [3.05, 3.63) is 29.8 Å². The van der Waals surface area contributed by atoms with E-state index in [2.05, 4.69) is 21.9 Å². The number of nitrogens with one attached hydrogen (secondary N) is 1. The predicted octanol–water partition coefficient (Wildman–Crippen LogP) is 1.63. The molecule has 1 aliphatic rings. The quantitative estimate of drug-likeness (QED) is 0.495. The average molecular weight is 408 g/mol. The first-order valence-corrected chi connectivity index (χ1v) is 10.7. The lowest BCUT2D eigenvalue weighted by Gasteiger charge is -2.34. The number of benzene rings is 1. The van der Waals surface area contributed by atoms with Crippen LogP contribution in [0.5, 0.6) is 0 Å². The summed E-state index contributed by atoms with van der Waals surface area (Å²) < 4.78 is 4.57. The predicted molar refractivity (Wildman–Crippen MR) is 111 cm³/mol. The van der Waals surface area contributed by atoms with Gasteiger partial charge in [0, 0.05) is 44.0 Å². The third kappa shape index (κ3) is 7.16. The van der Waals surface area contributed by atoms with E-state index >= 15 is 0 Å². The Morgan fingerprint density at radius 3 is 2.54 bits per heavy atom. The second-order valence-corrected chi connectivity index (χ2v) is 7.70. The number of anilines is 1. The maximum atomic E-state index is 12.3. The summed E-state index contributed by atoms with van der Waals surface area (Å²) in [7, 11) is 1.36. The molecule has 2 amide bonds. The number of carbonyl (C=O) groups is 3. The minimum absolute atomic E-state index is 0.0279. The zero-order valence-electron chi connectivity index (χ0n) is 16.6. The molecule has 7 nitrogen and oxygen atoms in total. The van der Waals surface area contributed by atoms with E-state index in [4.69, 9.17) is 0 Å². The largest absolute Gasteiger partial charge is 0.468 e. The van der Waals surface area contributed by atoms with E-state index in [0.717, 1.165) is 17.7 Å². The fourth-order valence-electron chi connectivity index (χ4n) is 3.03. The number of ether oxygens (including phenoxy) is 1. The van der Waals surface area contributed by atoms with Crippen LogP contribution < -0.4 is 5.32 Å². The van der Waals surface area contributed by atoms with Gasteiger partial charge in [-0.2, -0.15) is 0 Å². The molecule has 0 unspecified atom stereocenters. The molecule has 1 fully saturated rings. The summed E-state index contributed by atoms with van der Waals surface area (Å²) in [5.41, 5.74) is 1.99. The van der Waals surface area contributed by atoms with Crippen LogP contribution in [-0.2, 0) is 25.5 Å². The van der Waals surface area contributed by atoms with Gasteiger partial charge in [-0.3, -0.25) is 19.3 Å². The van der Waals surface area contributed by atoms with Crippen LogP contribution in [0.15, 0.2) is 24.3 Å². The normalized spacial score (nSPS) is 14.6. The molecule has 1 aliphatic heterocycles. The number of esters is 1. The maximum absolute atomic E-state index is 12.3. The molecule has 2 rings (SSSR count). The molecule has 1 aromatic carbocycles. The molecular formula is C20H29N3O4S. The van der Waals surface area contributed by atoms with E-state index in [0.29, 0.717) is 44.9 Å². The molecule has 0 atom stereocenters. The Morgan fingerprint density at radius 1 is 1.14 bits per heavy atom. The van der Waals surface area contributed by atoms with Gasteiger partial charge >= 0.3 is 5.97 Å². The van der Waals surface area contributed by atoms with Crippen molar-refractivity contribution in [1.82, 2.24) is 9.80 Å². The molecule has 1 N–H and O–H groups in total. The van der Waals surface area contributed by atoms with Gasteiger partial charge in [-0.15, -0.1) is 11.8 Å². The highest BCUT2D eigenvalue weighted by Gasteiger charge is 2.22. The van der Waals surface area contributed by atoms with Gasteiger partial charge in [-0.25, -0.2) is 0 Å². The fraction of sp³-hybridized carbons (Fsp3) is 0.550. The second-order valence-electron chi connectivity index (χ2n) is 6.59. The molecule has 154 valence electrons. The van der Waals surface area contributed by atoms with Crippen LogP contribution in [0.3, 0.4) is 0 Å². The SMILES string of the molecule is CCc1ccccc1NC(=O)CN1CCN(C(=O)CCSCC(=O)OC)CC1. The first-order chi connectivity index (χ1) is 13.5. The summed E-state index contributed by atoms with van der Waals surface area (Å²) >= 11 is 1.41.